The van der Waals surface area contributed by atoms with E-state index in [1.54, 1.807) is 0 Å². The van der Waals surface area contributed by atoms with Crippen LogP contribution in [0.15, 0.2) is 0 Å². The topological polar surface area (TPSA) is 147 Å². The van der Waals surface area contributed by atoms with Crippen LogP contribution < -0.4 is 11.5 Å². The number of carbonyl (C=O) groups is 2. The highest BCUT2D eigenvalue weighted by Crippen LogP contribution is 2.04. The highest BCUT2D eigenvalue weighted by molar-refractivity contribution is 5.74. The van der Waals surface area contributed by atoms with E-state index in [0.29, 0.717) is 0 Å². The maximum absolute atomic E-state index is 10.1. The Morgan fingerprint density at radius 2 is 1.64 bits per heavy atom. The minimum atomic E-state index is -1.34. The van der Waals surface area contributed by atoms with Gasteiger partial charge in [0.05, 0.1) is 12.1 Å². The summed E-state index contributed by atoms with van der Waals surface area (Å²) in [6.45, 7) is 2.43. The smallest absolute Gasteiger partial charge is 0.323 e. The molecule has 1 unspecified atom stereocenters. The van der Waals surface area contributed by atoms with E-state index in [4.69, 9.17) is 21.1 Å². The van der Waals surface area contributed by atoms with Crippen LogP contribution in [0.3, 0.4) is 0 Å². The summed E-state index contributed by atoms with van der Waals surface area (Å²) < 4.78 is 0. The first-order chi connectivity index (χ1) is 6.12. The number of hydrogen-bond donors (Lipinski definition) is 5. The standard InChI is InChI=1S/C5H11NO3.C2H5NO2/c1-5(2,9)3(6)4(7)8;3-1-2(4)5/h3,9H,6H2,1-2H3,(H,7,8);1,3H2,(H,4,5). The van der Waals surface area contributed by atoms with Crippen molar-refractivity contribution in [1.29, 1.82) is 0 Å². The number of aliphatic hydroxyl groups is 1. The molecule has 0 aromatic carbocycles. The number of nitrogens with two attached hydrogens (primary N) is 2. The quantitative estimate of drug-likeness (QED) is 0.367. The summed E-state index contributed by atoms with van der Waals surface area (Å²) in [4.78, 5) is 19.3. The van der Waals surface area contributed by atoms with Gasteiger partial charge >= 0.3 is 11.9 Å². The van der Waals surface area contributed by atoms with Crippen molar-refractivity contribution in [2.45, 2.75) is 25.5 Å². The molecule has 7 heteroatoms. The molecule has 0 radical (unpaired) electrons. The molecular formula is C7H16N2O5. The summed E-state index contributed by atoms with van der Waals surface area (Å²) in [5.41, 5.74) is 8.27. The molecule has 7 nitrogen and oxygen atoms in total. The molecular weight excluding hydrogens is 192 g/mol. The van der Waals surface area contributed by atoms with Crippen molar-refractivity contribution in [1.82, 2.24) is 0 Å². The molecule has 0 saturated carbocycles. The molecule has 84 valence electrons. The van der Waals surface area contributed by atoms with E-state index in [9.17, 15) is 9.59 Å². The number of hydrogen-bond acceptors (Lipinski definition) is 5. The van der Waals surface area contributed by atoms with Crippen LogP contribution in [0.5, 0.6) is 0 Å². The third-order valence-corrected chi connectivity index (χ3v) is 1.20. The summed E-state index contributed by atoms with van der Waals surface area (Å²) in [6, 6.07) is -1.21. The van der Waals surface area contributed by atoms with E-state index in [2.05, 4.69) is 5.73 Å². The maximum atomic E-state index is 10.1. The molecule has 0 rings (SSSR count). The van der Waals surface area contributed by atoms with E-state index < -0.39 is 23.6 Å². The molecule has 0 aliphatic heterocycles. The molecule has 0 spiro atoms. The summed E-state index contributed by atoms with van der Waals surface area (Å²) in [5, 5.41) is 24.8. The van der Waals surface area contributed by atoms with Crippen molar-refractivity contribution in [2.24, 2.45) is 11.5 Å². The van der Waals surface area contributed by atoms with Crippen molar-refractivity contribution in [2.75, 3.05) is 6.54 Å². The number of rotatable bonds is 3. The van der Waals surface area contributed by atoms with Gasteiger partial charge in [0.1, 0.15) is 6.04 Å². The van der Waals surface area contributed by atoms with E-state index in [0.717, 1.165) is 0 Å². The van der Waals surface area contributed by atoms with E-state index in [1.807, 2.05) is 0 Å². The molecule has 14 heavy (non-hydrogen) atoms. The fourth-order valence-corrected chi connectivity index (χ4v) is 0.302. The van der Waals surface area contributed by atoms with Crippen molar-refractivity contribution in [3.05, 3.63) is 0 Å². The average Bonchev–Trinajstić information content (AvgIpc) is 2.02. The Bertz CT molecular complexity index is 199. The van der Waals surface area contributed by atoms with E-state index in [1.165, 1.54) is 13.8 Å². The van der Waals surface area contributed by atoms with Crippen LogP contribution in [0.2, 0.25) is 0 Å². The highest BCUT2D eigenvalue weighted by Gasteiger charge is 2.28. The predicted molar refractivity (Wildman–Crippen MR) is 48.6 cm³/mol. The first-order valence-corrected chi connectivity index (χ1v) is 3.75. The third kappa shape index (κ3) is 8.91. The summed E-state index contributed by atoms with van der Waals surface area (Å²) in [5.74, 6) is -2.16. The largest absolute Gasteiger partial charge is 0.480 e. The minimum absolute atomic E-state index is 0.278. The lowest BCUT2D eigenvalue weighted by molar-refractivity contribution is -0.144. The second-order valence-corrected chi connectivity index (χ2v) is 3.07. The molecule has 7 N–H and O–H groups in total. The monoisotopic (exact) mass is 208 g/mol. The Morgan fingerprint density at radius 1 is 1.36 bits per heavy atom. The SMILES string of the molecule is CC(C)(O)C(N)C(=O)O.NCC(=O)O. The van der Waals surface area contributed by atoms with Crippen LogP contribution in [0.25, 0.3) is 0 Å². The van der Waals surface area contributed by atoms with Gasteiger partial charge in [-0.3, -0.25) is 9.59 Å². The summed E-state index contributed by atoms with van der Waals surface area (Å²) in [6.07, 6.45) is 0. The van der Waals surface area contributed by atoms with Gasteiger partial charge in [-0.25, -0.2) is 0 Å². The molecule has 0 bridgehead atoms. The normalized spacial score (nSPS) is 12.4. The van der Waals surface area contributed by atoms with Crippen LogP contribution >= 0.6 is 0 Å². The first-order valence-electron chi connectivity index (χ1n) is 3.75. The Kier molecular flexibility index (Phi) is 6.89. The number of aliphatic carboxylic acids is 2. The molecule has 0 amide bonds. The van der Waals surface area contributed by atoms with Crippen LogP contribution in [-0.4, -0.2) is 45.4 Å². The molecule has 0 heterocycles. The van der Waals surface area contributed by atoms with Gasteiger partial charge < -0.3 is 26.8 Å². The fourth-order valence-electron chi connectivity index (χ4n) is 0.302. The summed E-state index contributed by atoms with van der Waals surface area (Å²) in [7, 11) is 0. The predicted octanol–water partition coefficient (Wildman–Crippen LogP) is -1.80. The second-order valence-electron chi connectivity index (χ2n) is 3.07. The lowest BCUT2D eigenvalue weighted by atomic mass is 10.0. The van der Waals surface area contributed by atoms with Crippen LogP contribution in [0.4, 0.5) is 0 Å². The average molecular weight is 208 g/mol. The maximum Gasteiger partial charge on any atom is 0.323 e. The van der Waals surface area contributed by atoms with Crippen LogP contribution in [0.1, 0.15) is 13.8 Å². The van der Waals surface area contributed by atoms with Gasteiger partial charge in [0, 0.05) is 0 Å². The zero-order valence-corrected chi connectivity index (χ0v) is 8.10. The third-order valence-electron chi connectivity index (χ3n) is 1.20. The number of carboxylic acid groups (broad SMARTS) is 2. The van der Waals surface area contributed by atoms with Crippen molar-refractivity contribution in [3.63, 3.8) is 0 Å². The molecule has 0 aromatic heterocycles. The molecule has 0 aliphatic carbocycles. The lowest BCUT2D eigenvalue weighted by Crippen LogP contribution is -2.48. The van der Waals surface area contributed by atoms with Gasteiger partial charge in [-0.05, 0) is 13.8 Å². The lowest BCUT2D eigenvalue weighted by Gasteiger charge is -2.20. The van der Waals surface area contributed by atoms with Crippen molar-refractivity contribution >= 4 is 11.9 Å². The second kappa shape index (κ2) is 6.30. The Balaban J connectivity index is 0. The Hall–Kier alpha value is -1.18. The van der Waals surface area contributed by atoms with Crippen LogP contribution in [0, 0.1) is 0 Å². The molecule has 0 saturated heterocycles. The first kappa shape index (κ1) is 15.3. The van der Waals surface area contributed by atoms with Gasteiger partial charge in [0.25, 0.3) is 0 Å². The molecule has 0 aromatic rings. The van der Waals surface area contributed by atoms with Gasteiger partial charge in [-0.2, -0.15) is 0 Å². The Morgan fingerprint density at radius 3 is 1.64 bits per heavy atom. The zero-order valence-electron chi connectivity index (χ0n) is 8.10. The molecule has 1 atom stereocenters. The number of carboxylic acids is 2. The fraction of sp³-hybridized carbons (Fsp3) is 0.714. The summed E-state index contributed by atoms with van der Waals surface area (Å²) >= 11 is 0. The van der Waals surface area contributed by atoms with Gasteiger partial charge in [-0.15, -0.1) is 0 Å². The molecule has 0 aliphatic rings. The highest BCUT2D eigenvalue weighted by atomic mass is 16.4. The Labute approximate surface area is 81.3 Å². The van der Waals surface area contributed by atoms with Gasteiger partial charge in [-0.1, -0.05) is 0 Å². The van der Waals surface area contributed by atoms with Gasteiger partial charge in [0.2, 0.25) is 0 Å². The zero-order chi connectivity index (χ0) is 11.9. The van der Waals surface area contributed by atoms with Crippen molar-refractivity contribution in [3.8, 4) is 0 Å². The van der Waals surface area contributed by atoms with E-state index in [-0.39, 0.29) is 6.54 Å². The van der Waals surface area contributed by atoms with Crippen LogP contribution in [-0.2, 0) is 9.59 Å². The van der Waals surface area contributed by atoms with Gasteiger partial charge in [0.15, 0.2) is 0 Å². The van der Waals surface area contributed by atoms with E-state index >= 15 is 0 Å². The van der Waals surface area contributed by atoms with Crippen molar-refractivity contribution < 1.29 is 24.9 Å². The molecule has 0 fully saturated rings. The minimum Gasteiger partial charge on any atom is -0.480 e.